The highest BCUT2D eigenvalue weighted by molar-refractivity contribution is 6.00. The number of carbonyl (C=O) groups is 1. The van der Waals surface area contributed by atoms with Gasteiger partial charge in [-0.05, 0) is 49.6 Å². The van der Waals surface area contributed by atoms with Gasteiger partial charge in [-0.3, -0.25) is 4.79 Å². The predicted octanol–water partition coefficient (Wildman–Crippen LogP) is 4.18. The van der Waals surface area contributed by atoms with Gasteiger partial charge in [0.2, 0.25) is 0 Å². The van der Waals surface area contributed by atoms with Gasteiger partial charge < -0.3 is 4.74 Å². The number of ether oxygens (including phenoxy) is 1. The molecule has 0 aliphatic carbocycles. The molecule has 4 nitrogen and oxygen atoms in total. The number of amides is 1. The van der Waals surface area contributed by atoms with Gasteiger partial charge in [0, 0.05) is 5.56 Å². The van der Waals surface area contributed by atoms with Crippen LogP contribution in [-0.2, 0) is 0 Å². The number of rotatable bonds is 6. The number of hydrogen-bond acceptors (Lipinski definition) is 3. The zero-order valence-corrected chi connectivity index (χ0v) is 14.7. The van der Waals surface area contributed by atoms with Gasteiger partial charge in [0.25, 0.3) is 5.91 Å². The minimum Gasteiger partial charge on any atom is -0.493 e. The molecule has 0 aromatic heterocycles. The fourth-order valence-corrected chi connectivity index (χ4v) is 2.02. The van der Waals surface area contributed by atoms with Crippen molar-refractivity contribution in [3.8, 4) is 5.75 Å². The van der Waals surface area contributed by atoms with Crippen molar-refractivity contribution in [3.05, 3.63) is 65.2 Å². The van der Waals surface area contributed by atoms with Crippen LogP contribution in [0.3, 0.4) is 0 Å². The predicted molar refractivity (Wildman–Crippen MR) is 97.6 cm³/mol. The van der Waals surface area contributed by atoms with Gasteiger partial charge >= 0.3 is 0 Å². The van der Waals surface area contributed by atoms with Crippen LogP contribution in [0.5, 0.6) is 5.75 Å². The Morgan fingerprint density at radius 3 is 2.21 bits per heavy atom. The highest BCUT2D eigenvalue weighted by Crippen LogP contribution is 2.13. The number of nitrogens with zero attached hydrogens (tertiary/aromatic N) is 1. The lowest BCUT2D eigenvalue weighted by Gasteiger charge is -2.09. The van der Waals surface area contributed by atoms with Gasteiger partial charge in [-0.1, -0.05) is 43.7 Å². The molecule has 2 aromatic rings. The highest BCUT2D eigenvalue weighted by Gasteiger charge is 2.06. The van der Waals surface area contributed by atoms with E-state index in [0.29, 0.717) is 18.1 Å². The molecule has 0 saturated heterocycles. The van der Waals surface area contributed by atoms with Crippen molar-refractivity contribution in [2.45, 2.75) is 27.7 Å². The molecule has 1 amide bonds. The van der Waals surface area contributed by atoms with Crippen molar-refractivity contribution in [3.63, 3.8) is 0 Å². The summed E-state index contributed by atoms with van der Waals surface area (Å²) < 4.78 is 5.61. The van der Waals surface area contributed by atoms with Crippen molar-refractivity contribution in [2.24, 2.45) is 11.0 Å². The molecule has 126 valence electrons. The molecule has 0 fully saturated rings. The van der Waals surface area contributed by atoms with Gasteiger partial charge in [0.1, 0.15) is 5.75 Å². The second kappa shape index (κ2) is 8.29. The highest BCUT2D eigenvalue weighted by atomic mass is 16.5. The maximum atomic E-state index is 12.2. The monoisotopic (exact) mass is 324 g/mol. The first-order valence-electron chi connectivity index (χ1n) is 8.10. The third-order valence-corrected chi connectivity index (χ3v) is 3.49. The van der Waals surface area contributed by atoms with Crippen molar-refractivity contribution in [1.82, 2.24) is 5.43 Å². The average Bonchev–Trinajstić information content (AvgIpc) is 2.58. The minimum absolute atomic E-state index is 0.239. The molecule has 2 rings (SSSR count). The summed E-state index contributed by atoms with van der Waals surface area (Å²) in [6, 6.07) is 15.1. The van der Waals surface area contributed by atoms with E-state index in [9.17, 15) is 4.79 Å². The molecule has 1 N–H and O–H groups in total. The maximum absolute atomic E-state index is 12.2. The van der Waals surface area contributed by atoms with Crippen molar-refractivity contribution in [2.75, 3.05) is 6.61 Å². The van der Waals surface area contributed by atoms with E-state index in [1.54, 1.807) is 24.3 Å². The molecule has 2 aromatic carbocycles. The van der Waals surface area contributed by atoms with Crippen molar-refractivity contribution in [1.29, 1.82) is 0 Å². The number of hydrogen-bond donors (Lipinski definition) is 1. The third kappa shape index (κ3) is 5.23. The van der Waals surface area contributed by atoms with Crippen LogP contribution in [0, 0.1) is 12.8 Å². The average molecular weight is 324 g/mol. The topological polar surface area (TPSA) is 50.7 Å². The van der Waals surface area contributed by atoms with Gasteiger partial charge in [-0.15, -0.1) is 0 Å². The summed E-state index contributed by atoms with van der Waals surface area (Å²) in [5, 5.41) is 4.17. The van der Waals surface area contributed by atoms with Crippen LogP contribution >= 0.6 is 0 Å². The van der Waals surface area contributed by atoms with E-state index in [0.717, 1.165) is 17.0 Å². The number of nitrogens with one attached hydrogen (secondary N) is 1. The number of hydrazone groups is 1. The molecule has 0 atom stereocenters. The smallest absolute Gasteiger partial charge is 0.271 e. The van der Waals surface area contributed by atoms with E-state index in [2.05, 4.69) is 24.4 Å². The standard InChI is InChI=1S/C20H24N2O2/c1-14(2)13-24-19-11-9-18(10-12-19)20(23)22-21-16(4)17-7-5-15(3)6-8-17/h5-12,14H,13H2,1-4H3,(H,22,23)/b21-16+. The van der Waals surface area contributed by atoms with Gasteiger partial charge in [-0.2, -0.15) is 5.10 Å². The van der Waals surface area contributed by atoms with Gasteiger partial charge in [0.05, 0.1) is 12.3 Å². The Morgan fingerprint density at radius 2 is 1.62 bits per heavy atom. The second-order valence-corrected chi connectivity index (χ2v) is 6.23. The normalized spacial score (nSPS) is 11.5. The van der Waals surface area contributed by atoms with E-state index >= 15 is 0 Å². The molecule has 0 aliphatic rings. The number of carbonyl (C=O) groups excluding carboxylic acids is 1. The molecule has 0 spiro atoms. The summed E-state index contributed by atoms with van der Waals surface area (Å²) in [5.41, 5.74) is 6.08. The molecule has 0 radical (unpaired) electrons. The van der Waals surface area contributed by atoms with Crippen LogP contribution in [0.1, 0.15) is 42.3 Å². The van der Waals surface area contributed by atoms with E-state index in [-0.39, 0.29) is 5.91 Å². The number of aryl methyl sites for hydroxylation is 1. The SMILES string of the molecule is C/C(=N\NC(=O)c1ccc(OCC(C)C)cc1)c1ccc(C)cc1. The molecular weight excluding hydrogens is 300 g/mol. The van der Waals surface area contributed by atoms with Crippen LogP contribution in [0.25, 0.3) is 0 Å². The molecule has 4 heteroatoms. The summed E-state index contributed by atoms with van der Waals surface area (Å²) in [4.78, 5) is 12.2. The van der Waals surface area contributed by atoms with Crippen molar-refractivity contribution < 1.29 is 9.53 Å². The molecule has 0 heterocycles. The Labute approximate surface area is 143 Å². The minimum atomic E-state index is -0.239. The quantitative estimate of drug-likeness (QED) is 0.640. The van der Waals surface area contributed by atoms with Crippen LogP contribution in [-0.4, -0.2) is 18.2 Å². The second-order valence-electron chi connectivity index (χ2n) is 6.23. The van der Waals surface area contributed by atoms with Gasteiger partial charge in [-0.25, -0.2) is 5.43 Å². The van der Waals surface area contributed by atoms with Crippen LogP contribution in [0.4, 0.5) is 0 Å². The first-order chi connectivity index (χ1) is 11.5. The van der Waals surface area contributed by atoms with Crippen LogP contribution < -0.4 is 10.2 Å². The summed E-state index contributed by atoms with van der Waals surface area (Å²) in [6.07, 6.45) is 0. The Balaban J connectivity index is 1.96. The molecule has 0 saturated carbocycles. The lowest BCUT2D eigenvalue weighted by molar-refractivity contribution is 0.0955. The van der Waals surface area contributed by atoms with Crippen molar-refractivity contribution >= 4 is 11.6 Å². The molecule has 0 bridgehead atoms. The first kappa shape index (κ1) is 17.7. The molecule has 24 heavy (non-hydrogen) atoms. The fourth-order valence-electron chi connectivity index (χ4n) is 2.02. The summed E-state index contributed by atoms with van der Waals surface area (Å²) in [7, 11) is 0. The van der Waals surface area contributed by atoms with E-state index in [1.165, 1.54) is 5.56 Å². The first-order valence-corrected chi connectivity index (χ1v) is 8.10. The van der Waals surface area contributed by atoms with Gasteiger partial charge in [0.15, 0.2) is 0 Å². The van der Waals surface area contributed by atoms with E-state index < -0.39 is 0 Å². The van der Waals surface area contributed by atoms with Crippen LogP contribution in [0.15, 0.2) is 53.6 Å². The largest absolute Gasteiger partial charge is 0.493 e. The fraction of sp³-hybridized carbons (Fsp3) is 0.300. The van der Waals surface area contributed by atoms with E-state index in [1.807, 2.05) is 38.1 Å². The zero-order valence-electron chi connectivity index (χ0n) is 14.7. The summed E-state index contributed by atoms with van der Waals surface area (Å²) in [5.74, 6) is 0.989. The third-order valence-electron chi connectivity index (χ3n) is 3.49. The van der Waals surface area contributed by atoms with E-state index in [4.69, 9.17) is 4.74 Å². The molecule has 0 aliphatic heterocycles. The molecular formula is C20H24N2O2. The Kier molecular flexibility index (Phi) is 6.13. The Morgan fingerprint density at radius 1 is 1.04 bits per heavy atom. The van der Waals surface area contributed by atoms with Crippen LogP contribution in [0.2, 0.25) is 0 Å². The summed E-state index contributed by atoms with van der Waals surface area (Å²) in [6.45, 7) is 8.75. The summed E-state index contributed by atoms with van der Waals surface area (Å²) >= 11 is 0. The molecule has 0 unspecified atom stereocenters. The maximum Gasteiger partial charge on any atom is 0.271 e. The number of benzene rings is 2. The Hall–Kier alpha value is -2.62. The zero-order chi connectivity index (χ0) is 17.5. The Bertz CT molecular complexity index is 701. The lowest BCUT2D eigenvalue weighted by atomic mass is 10.1. The lowest BCUT2D eigenvalue weighted by Crippen LogP contribution is -2.19.